The SMILES string of the molecule is C[SiH](CCCl)C[SiH](C)CCCl. The van der Waals surface area contributed by atoms with Crippen LogP contribution in [0, 0.1) is 0 Å². The van der Waals surface area contributed by atoms with Gasteiger partial charge in [-0.25, -0.2) is 0 Å². The minimum absolute atomic E-state index is 0.420. The molecule has 0 rings (SSSR count). The predicted molar refractivity (Wildman–Crippen MR) is 61.9 cm³/mol. The molecule has 0 fully saturated rings. The van der Waals surface area contributed by atoms with Crippen molar-refractivity contribution >= 4 is 40.8 Å². The molecule has 0 nitrogen and oxygen atoms in total. The molecule has 0 radical (unpaired) electrons. The second kappa shape index (κ2) is 7.65. The highest BCUT2D eigenvalue weighted by Gasteiger charge is 2.09. The molecule has 2 atom stereocenters. The van der Waals surface area contributed by atoms with Gasteiger partial charge in [-0.3, -0.25) is 0 Å². The van der Waals surface area contributed by atoms with Gasteiger partial charge in [-0.15, -0.1) is 23.2 Å². The Bertz CT molecular complexity index is 80.5. The van der Waals surface area contributed by atoms with Crippen molar-refractivity contribution in [2.75, 3.05) is 11.8 Å². The van der Waals surface area contributed by atoms with Crippen molar-refractivity contribution < 1.29 is 0 Å². The highest BCUT2D eigenvalue weighted by molar-refractivity contribution is 6.76. The molecule has 11 heavy (non-hydrogen) atoms. The van der Waals surface area contributed by atoms with E-state index < -0.39 is 17.6 Å². The summed E-state index contributed by atoms with van der Waals surface area (Å²) >= 11 is 11.4. The maximum absolute atomic E-state index is 5.68. The highest BCUT2D eigenvalue weighted by atomic mass is 35.5. The largest absolute Gasteiger partial charge is 0.127 e. The molecule has 0 aromatic carbocycles. The Labute approximate surface area is 83.5 Å². The van der Waals surface area contributed by atoms with Crippen LogP contribution in [0.4, 0.5) is 0 Å². The number of alkyl halides is 2. The first kappa shape index (κ1) is 12.0. The van der Waals surface area contributed by atoms with Gasteiger partial charge in [0.2, 0.25) is 0 Å². The first-order chi connectivity index (χ1) is 5.20. The molecule has 0 aliphatic carbocycles. The van der Waals surface area contributed by atoms with E-state index in [9.17, 15) is 0 Å². The van der Waals surface area contributed by atoms with Crippen molar-refractivity contribution in [2.24, 2.45) is 0 Å². The fraction of sp³-hybridized carbons (Fsp3) is 1.00. The Morgan fingerprint density at radius 2 is 1.27 bits per heavy atom. The van der Waals surface area contributed by atoms with Crippen molar-refractivity contribution in [3.63, 3.8) is 0 Å². The minimum Gasteiger partial charge on any atom is -0.127 e. The summed E-state index contributed by atoms with van der Waals surface area (Å²) in [5.74, 6) is 1.74. The van der Waals surface area contributed by atoms with Crippen molar-refractivity contribution in [2.45, 2.75) is 30.8 Å². The smallest absolute Gasteiger partial charge is 0.0320 e. The average Bonchev–Trinajstić information content (AvgIpc) is 1.87. The van der Waals surface area contributed by atoms with Crippen molar-refractivity contribution in [1.82, 2.24) is 0 Å². The predicted octanol–water partition coefficient (Wildman–Crippen LogP) is 2.72. The number of hydrogen-bond acceptors (Lipinski definition) is 0. The zero-order valence-electron chi connectivity index (χ0n) is 7.45. The molecule has 0 spiro atoms. The molecule has 2 unspecified atom stereocenters. The van der Waals surface area contributed by atoms with E-state index in [1.165, 1.54) is 12.1 Å². The molecule has 0 N–H and O–H groups in total. The third kappa shape index (κ3) is 7.38. The molecule has 4 heteroatoms. The molecule has 0 bridgehead atoms. The van der Waals surface area contributed by atoms with Crippen LogP contribution in [-0.4, -0.2) is 29.4 Å². The second-order valence-corrected chi connectivity index (χ2v) is 11.6. The maximum atomic E-state index is 5.68. The summed E-state index contributed by atoms with van der Waals surface area (Å²) in [7, 11) is -0.841. The molecule has 0 amide bonds. The second-order valence-electron chi connectivity index (χ2n) is 3.40. The van der Waals surface area contributed by atoms with Crippen molar-refractivity contribution in [3.05, 3.63) is 0 Å². The quantitative estimate of drug-likeness (QED) is 0.485. The molecule has 0 aliphatic rings. The third-order valence-electron chi connectivity index (χ3n) is 2.01. The average molecular weight is 229 g/mol. The summed E-state index contributed by atoms with van der Waals surface area (Å²) in [6, 6.07) is 2.61. The van der Waals surface area contributed by atoms with Gasteiger partial charge in [-0.05, 0) is 12.1 Å². The van der Waals surface area contributed by atoms with Crippen LogP contribution in [0.15, 0.2) is 0 Å². The fourth-order valence-electron chi connectivity index (χ4n) is 1.30. The van der Waals surface area contributed by atoms with E-state index in [0.717, 1.165) is 11.8 Å². The molecule has 0 aliphatic heterocycles. The van der Waals surface area contributed by atoms with Crippen LogP contribution in [-0.2, 0) is 0 Å². The van der Waals surface area contributed by atoms with Crippen molar-refractivity contribution in [3.8, 4) is 0 Å². The molecule has 68 valence electrons. The van der Waals surface area contributed by atoms with Crippen LogP contribution >= 0.6 is 23.2 Å². The lowest BCUT2D eigenvalue weighted by Crippen LogP contribution is -2.19. The topological polar surface area (TPSA) is 0 Å². The normalized spacial score (nSPS) is 16.4. The van der Waals surface area contributed by atoms with E-state index in [0.29, 0.717) is 0 Å². The minimum atomic E-state index is -0.420. The number of hydrogen-bond donors (Lipinski definition) is 0. The lowest BCUT2D eigenvalue weighted by molar-refractivity contribution is 1.37. The third-order valence-corrected chi connectivity index (χ3v) is 12.2. The first-order valence-electron chi connectivity index (χ1n) is 4.32. The van der Waals surface area contributed by atoms with Gasteiger partial charge < -0.3 is 0 Å². The molecule has 0 heterocycles. The van der Waals surface area contributed by atoms with Gasteiger partial charge in [0.05, 0.1) is 0 Å². The molecule has 0 aromatic heterocycles. The van der Waals surface area contributed by atoms with Gasteiger partial charge in [0.25, 0.3) is 0 Å². The van der Waals surface area contributed by atoms with Crippen LogP contribution < -0.4 is 0 Å². The van der Waals surface area contributed by atoms with Gasteiger partial charge in [0.1, 0.15) is 0 Å². The van der Waals surface area contributed by atoms with Crippen LogP contribution in [0.3, 0.4) is 0 Å². The zero-order valence-corrected chi connectivity index (χ0v) is 11.3. The zero-order chi connectivity index (χ0) is 8.69. The summed E-state index contributed by atoms with van der Waals surface area (Å²) in [6.07, 6.45) is 0. The highest BCUT2D eigenvalue weighted by Crippen LogP contribution is 2.07. The lowest BCUT2D eigenvalue weighted by atomic mass is 11.0. The summed E-state index contributed by atoms with van der Waals surface area (Å²) in [5.41, 5.74) is 1.54. The van der Waals surface area contributed by atoms with Gasteiger partial charge in [0, 0.05) is 29.4 Å². The van der Waals surface area contributed by atoms with Crippen LogP contribution in [0.5, 0.6) is 0 Å². The molecule has 0 saturated carbocycles. The molecule has 0 aromatic rings. The van der Waals surface area contributed by atoms with Crippen LogP contribution in [0.2, 0.25) is 30.8 Å². The van der Waals surface area contributed by atoms with E-state index in [1.807, 2.05) is 0 Å². The van der Waals surface area contributed by atoms with Gasteiger partial charge in [-0.1, -0.05) is 18.8 Å². The van der Waals surface area contributed by atoms with E-state index in [2.05, 4.69) is 13.1 Å². The Morgan fingerprint density at radius 1 is 0.909 bits per heavy atom. The maximum Gasteiger partial charge on any atom is 0.0320 e. The van der Waals surface area contributed by atoms with Gasteiger partial charge in [0.15, 0.2) is 0 Å². The Morgan fingerprint density at radius 3 is 1.55 bits per heavy atom. The summed E-state index contributed by atoms with van der Waals surface area (Å²) < 4.78 is 0. The van der Waals surface area contributed by atoms with Crippen molar-refractivity contribution in [1.29, 1.82) is 0 Å². The monoisotopic (exact) mass is 228 g/mol. The summed E-state index contributed by atoms with van der Waals surface area (Å²) in [6.45, 7) is 4.86. The number of rotatable bonds is 6. The summed E-state index contributed by atoms with van der Waals surface area (Å²) in [5, 5.41) is 0. The lowest BCUT2D eigenvalue weighted by Gasteiger charge is -2.12. The van der Waals surface area contributed by atoms with Gasteiger partial charge in [-0.2, -0.15) is 0 Å². The summed E-state index contributed by atoms with van der Waals surface area (Å²) in [4.78, 5) is 0. The Hall–Kier alpha value is 1.01. The first-order valence-corrected chi connectivity index (χ1v) is 11.0. The molecular weight excluding hydrogens is 211 g/mol. The molecule has 0 saturated heterocycles. The number of halogens is 2. The van der Waals surface area contributed by atoms with E-state index in [4.69, 9.17) is 23.2 Å². The molecular formula is C7H18Cl2Si2. The van der Waals surface area contributed by atoms with E-state index >= 15 is 0 Å². The Kier molecular flexibility index (Phi) is 8.36. The Balaban J connectivity index is 3.32. The van der Waals surface area contributed by atoms with E-state index in [1.54, 1.807) is 5.67 Å². The van der Waals surface area contributed by atoms with E-state index in [-0.39, 0.29) is 0 Å². The standard InChI is InChI=1S/C7H18Cl2Si2/c1-10(5-3-8)7-11(2)6-4-9/h10-11H,3-7H2,1-2H3. The van der Waals surface area contributed by atoms with Gasteiger partial charge >= 0.3 is 0 Å². The fourth-order valence-corrected chi connectivity index (χ4v) is 11.7. The van der Waals surface area contributed by atoms with Crippen LogP contribution in [0.25, 0.3) is 0 Å². The van der Waals surface area contributed by atoms with Crippen LogP contribution in [0.1, 0.15) is 0 Å².